The van der Waals surface area contributed by atoms with E-state index in [1.165, 1.54) is 24.1 Å². The quantitative estimate of drug-likeness (QED) is 0.858. The Morgan fingerprint density at radius 2 is 2.05 bits per heavy atom. The number of halogens is 1. The summed E-state index contributed by atoms with van der Waals surface area (Å²) in [6.45, 7) is 0.471. The van der Waals surface area contributed by atoms with Crippen LogP contribution in [-0.2, 0) is 5.60 Å². The number of carboxylic acid groups (broad SMARTS) is 1. The molecule has 19 heavy (non-hydrogen) atoms. The zero-order valence-electron chi connectivity index (χ0n) is 10.6. The van der Waals surface area contributed by atoms with Gasteiger partial charge in [-0.15, -0.1) is 0 Å². The summed E-state index contributed by atoms with van der Waals surface area (Å²) in [5.74, 6) is -0.413. The van der Waals surface area contributed by atoms with Gasteiger partial charge in [-0.3, -0.25) is 0 Å². The number of hydrogen-bond acceptors (Lipinski definition) is 3. The minimum atomic E-state index is -1.18. The van der Waals surface area contributed by atoms with Gasteiger partial charge in [0.25, 0.3) is 0 Å². The SMILES string of the molecule is COc1ccc(C2(O)CCN(C(=O)O)CC2)cc1F. The van der Waals surface area contributed by atoms with Gasteiger partial charge in [0.15, 0.2) is 11.6 Å². The lowest BCUT2D eigenvalue weighted by molar-refractivity contribution is -0.0215. The number of ether oxygens (including phenoxy) is 1. The maximum absolute atomic E-state index is 13.6. The van der Waals surface area contributed by atoms with E-state index >= 15 is 0 Å². The lowest BCUT2D eigenvalue weighted by Crippen LogP contribution is -2.44. The van der Waals surface area contributed by atoms with Crippen molar-refractivity contribution in [1.29, 1.82) is 0 Å². The molecule has 2 N–H and O–H groups in total. The molecule has 2 rings (SSSR count). The second-order valence-corrected chi connectivity index (χ2v) is 4.65. The van der Waals surface area contributed by atoms with Gasteiger partial charge in [-0.05, 0) is 30.5 Å². The third-order valence-electron chi connectivity index (χ3n) is 3.55. The molecule has 1 aliphatic rings. The summed E-state index contributed by atoms with van der Waals surface area (Å²) in [5.41, 5.74) is -0.727. The number of hydrogen-bond donors (Lipinski definition) is 2. The first-order valence-electron chi connectivity index (χ1n) is 6.00. The van der Waals surface area contributed by atoms with Gasteiger partial charge in [0, 0.05) is 13.1 Å². The van der Waals surface area contributed by atoms with E-state index in [9.17, 15) is 14.3 Å². The van der Waals surface area contributed by atoms with E-state index in [1.807, 2.05) is 0 Å². The molecule has 0 radical (unpaired) electrons. The summed E-state index contributed by atoms with van der Waals surface area (Å²) < 4.78 is 18.5. The normalized spacial score (nSPS) is 18.2. The van der Waals surface area contributed by atoms with E-state index in [0.29, 0.717) is 5.56 Å². The van der Waals surface area contributed by atoms with Crippen molar-refractivity contribution in [2.75, 3.05) is 20.2 Å². The first-order chi connectivity index (χ1) is 8.96. The standard InChI is InChI=1S/C13H16FNO4/c1-19-11-3-2-9(8-10(11)14)13(18)4-6-15(7-5-13)12(16)17/h2-3,8,18H,4-7H2,1H3,(H,16,17). The molecule has 0 unspecified atom stereocenters. The highest BCUT2D eigenvalue weighted by molar-refractivity contribution is 5.65. The fourth-order valence-electron chi connectivity index (χ4n) is 2.31. The van der Waals surface area contributed by atoms with Crippen molar-refractivity contribution in [3.8, 4) is 5.75 Å². The molecule has 5 nitrogen and oxygen atoms in total. The van der Waals surface area contributed by atoms with Gasteiger partial charge in [-0.25, -0.2) is 9.18 Å². The molecule has 0 aliphatic carbocycles. The number of amides is 1. The Morgan fingerprint density at radius 1 is 1.42 bits per heavy atom. The van der Waals surface area contributed by atoms with E-state index in [4.69, 9.17) is 9.84 Å². The lowest BCUT2D eigenvalue weighted by Gasteiger charge is -2.37. The van der Waals surface area contributed by atoms with Crippen LogP contribution in [-0.4, -0.2) is 41.4 Å². The molecule has 1 aromatic rings. The van der Waals surface area contributed by atoms with Crippen LogP contribution in [0, 0.1) is 5.82 Å². The predicted molar refractivity (Wildman–Crippen MR) is 65.7 cm³/mol. The van der Waals surface area contributed by atoms with Crippen molar-refractivity contribution in [1.82, 2.24) is 4.90 Å². The topological polar surface area (TPSA) is 70.0 Å². The van der Waals surface area contributed by atoms with Gasteiger partial charge in [0.05, 0.1) is 12.7 Å². The van der Waals surface area contributed by atoms with Crippen LogP contribution in [0.15, 0.2) is 18.2 Å². The van der Waals surface area contributed by atoms with Crippen LogP contribution in [0.4, 0.5) is 9.18 Å². The third-order valence-corrected chi connectivity index (χ3v) is 3.55. The van der Waals surface area contributed by atoms with Crippen molar-refractivity contribution in [2.24, 2.45) is 0 Å². The van der Waals surface area contributed by atoms with E-state index in [2.05, 4.69) is 0 Å². The second kappa shape index (κ2) is 5.05. The van der Waals surface area contributed by atoms with Crippen LogP contribution < -0.4 is 4.74 Å². The highest BCUT2D eigenvalue weighted by Gasteiger charge is 2.35. The zero-order chi connectivity index (χ0) is 14.0. The van der Waals surface area contributed by atoms with E-state index in [1.54, 1.807) is 6.07 Å². The molecule has 1 heterocycles. The van der Waals surface area contributed by atoms with Crippen molar-refractivity contribution < 1.29 is 24.1 Å². The molecule has 0 atom stereocenters. The van der Waals surface area contributed by atoms with Gasteiger partial charge in [-0.2, -0.15) is 0 Å². The number of piperidine rings is 1. The van der Waals surface area contributed by atoms with E-state index < -0.39 is 17.5 Å². The van der Waals surface area contributed by atoms with Crippen LogP contribution in [0.1, 0.15) is 18.4 Å². The Morgan fingerprint density at radius 3 is 2.53 bits per heavy atom. The van der Waals surface area contributed by atoms with Crippen LogP contribution in [0.5, 0.6) is 5.75 Å². The molecule has 1 saturated heterocycles. The van der Waals surface area contributed by atoms with Crippen molar-refractivity contribution >= 4 is 6.09 Å². The number of nitrogens with zero attached hydrogens (tertiary/aromatic N) is 1. The number of methoxy groups -OCH3 is 1. The Balaban J connectivity index is 2.18. The molecule has 1 amide bonds. The smallest absolute Gasteiger partial charge is 0.407 e. The minimum Gasteiger partial charge on any atom is -0.494 e. The summed E-state index contributed by atoms with van der Waals surface area (Å²) in [7, 11) is 1.37. The van der Waals surface area contributed by atoms with Crippen LogP contribution >= 0.6 is 0 Å². The highest BCUT2D eigenvalue weighted by atomic mass is 19.1. The lowest BCUT2D eigenvalue weighted by atomic mass is 9.84. The van der Waals surface area contributed by atoms with Crippen LogP contribution in [0.2, 0.25) is 0 Å². The molecule has 0 aromatic heterocycles. The van der Waals surface area contributed by atoms with E-state index in [0.717, 1.165) is 0 Å². The maximum Gasteiger partial charge on any atom is 0.407 e. The van der Waals surface area contributed by atoms with Gasteiger partial charge in [0.2, 0.25) is 0 Å². The molecule has 0 saturated carbocycles. The average molecular weight is 269 g/mol. The largest absolute Gasteiger partial charge is 0.494 e. The second-order valence-electron chi connectivity index (χ2n) is 4.65. The summed E-state index contributed by atoms with van der Waals surface area (Å²) in [5, 5.41) is 19.4. The van der Waals surface area contributed by atoms with Gasteiger partial charge < -0.3 is 19.8 Å². The minimum absolute atomic E-state index is 0.121. The Bertz CT molecular complexity index is 484. The number of aliphatic hydroxyl groups is 1. The first-order valence-corrected chi connectivity index (χ1v) is 6.00. The first kappa shape index (κ1) is 13.6. The van der Waals surface area contributed by atoms with Crippen molar-refractivity contribution in [3.63, 3.8) is 0 Å². The monoisotopic (exact) mass is 269 g/mol. The van der Waals surface area contributed by atoms with Gasteiger partial charge in [-0.1, -0.05) is 6.07 Å². The summed E-state index contributed by atoms with van der Waals surface area (Å²) in [6, 6.07) is 4.32. The molecule has 6 heteroatoms. The molecule has 0 spiro atoms. The Hall–Kier alpha value is -1.82. The predicted octanol–water partition coefficient (Wildman–Crippen LogP) is 1.80. The average Bonchev–Trinajstić information content (AvgIpc) is 2.39. The fourth-order valence-corrected chi connectivity index (χ4v) is 2.31. The maximum atomic E-state index is 13.6. The van der Waals surface area contributed by atoms with Gasteiger partial charge in [0.1, 0.15) is 0 Å². The molecule has 1 fully saturated rings. The number of rotatable bonds is 2. The third kappa shape index (κ3) is 2.63. The van der Waals surface area contributed by atoms with Crippen molar-refractivity contribution in [2.45, 2.75) is 18.4 Å². The Kier molecular flexibility index (Phi) is 3.61. The fraction of sp³-hybridized carbons (Fsp3) is 0.462. The number of likely N-dealkylation sites (tertiary alicyclic amines) is 1. The highest BCUT2D eigenvalue weighted by Crippen LogP contribution is 2.34. The van der Waals surface area contributed by atoms with Crippen LogP contribution in [0.25, 0.3) is 0 Å². The summed E-state index contributed by atoms with van der Waals surface area (Å²) in [4.78, 5) is 12.1. The molecule has 0 bridgehead atoms. The van der Waals surface area contributed by atoms with Crippen LogP contribution in [0.3, 0.4) is 0 Å². The van der Waals surface area contributed by atoms with E-state index in [-0.39, 0.29) is 31.7 Å². The molecular weight excluding hydrogens is 253 g/mol. The van der Waals surface area contributed by atoms with Gasteiger partial charge >= 0.3 is 6.09 Å². The molecule has 1 aliphatic heterocycles. The summed E-state index contributed by atoms with van der Waals surface area (Å²) in [6.07, 6.45) is -0.487. The Labute approximate surface area is 110 Å². The molecule has 1 aromatic carbocycles. The number of benzene rings is 1. The molecule has 104 valence electrons. The zero-order valence-corrected chi connectivity index (χ0v) is 10.6. The summed E-state index contributed by atoms with van der Waals surface area (Å²) >= 11 is 0. The number of carbonyl (C=O) groups is 1. The molecular formula is C13H16FNO4. The van der Waals surface area contributed by atoms with Crippen molar-refractivity contribution in [3.05, 3.63) is 29.6 Å².